The molecule has 0 unspecified atom stereocenters. The third-order valence-corrected chi connectivity index (χ3v) is 9.34. The van der Waals surface area contributed by atoms with Crippen LogP contribution in [0.25, 0.3) is 0 Å². The molecule has 8 atom stereocenters. The summed E-state index contributed by atoms with van der Waals surface area (Å²) in [5, 5.41) is 0. The van der Waals surface area contributed by atoms with Crippen molar-refractivity contribution in [2.24, 2.45) is 17.3 Å². The predicted molar refractivity (Wildman–Crippen MR) is 148 cm³/mol. The first-order valence-electron chi connectivity index (χ1n) is 14.2. The first-order valence-corrected chi connectivity index (χ1v) is 14.2. The summed E-state index contributed by atoms with van der Waals surface area (Å²) in [7, 11) is 0. The summed E-state index contributed by atoms with van der Waals surface area (Å²) in [6, 6.07) is 11.9. The van der Waals surface area contributed by atoms with Gasteiger partial charge in [0.1, 0.15) is 23.9 Å². The van der Waals surface area contributed by atoms with Gasteiger partial charge < -0.3 is 23.7 Å². The van der Waals surface area contributed by atoms with E-state index in [1.165, 1.54) is 20.0 Å². The summed E-state index contributed by atoms with van der Waals surface area (Å²) in [4.78, 5) is 55.8. The van der Waals surface area contributed by atoms with Crippen LogP contribution in [-0.2, 0) is 33.3 Å². The number of pyridine rings is 1. The molecule has 1 aromatic carbocycles. The Morgan fingerprint density at radius 1 is 0.810 bits per heavy atom. The van der Waals surface area contributed by atoms with Crippen molar-refractivity contribution >= 4 is 23.9 Å². The van der Waals surface area contributed by atoms with Crippen molar-refractivity contribution in [2.75, 3.05) is 0 Å². The molecular formula is C32H37NO9. The van der Waals surface area contributed by atoms with Crippen molar-refractivity contribution in [3.8, 4) is 0 Å². The fourth-order valence-corrected chi connectivity index (χ4v) is 7.61. The minimum atomic E-state index is -1.30. The van der Waals surface area contributed by atoms with E-state index >= 15 is 0 Å². The highest BCUT2D eigenvalue weighted by Crippen LogP contribution is 2.68. The molecular weight excluding hydrogens is 542 g/mol. The van der Waals surface area contributed by atoms with Crippen LogP contribution in [0.4, 0.5) is 0 Å². The van der Waals surface area contributed by atoms with Gasteiger partial charge in [0.15, 0.2) is 6.10 Å². The number of fused-ring (bicyclic) bond motifs is 1. The van der Waals surface area contributed by atoms with Gasteiger partial charge >= 0.3 is 23.9 Å². The number of nitrogens with zero attached hydrogens (tertiary/aromatic N) is 1. The molecule has 0 N–H and O–H groups in total. The zero-order valence-corrected chi connectivity index (χ0v) is 24.7. The monoisotopic (exact) mass is 579 g/mol. The molecule has 224 valence electrons. The molecule has 2 saturated carbocycles. The highest BCUT2D eigenvalue weighted by Gasteiger charge is 2.80. The molecule has 1 spiro atoms. The standard InChI is InChI=1S/C32H37NO9/c1-18-15-24(38-19(2)34)27(39-20(3)35)31(6)25(40-28(36)21-11-8-7-9-12-21)16-23-26(32(18,31)42-30(23,4)5)41-29(37)22-13-10-14-33-17-22/h7-14,17-18,23-27H,15-16H2,1-6H3/t18-,23-,24+,25-,26-,27+,31-,32-/m1/s1. The molecule has 0 radical (unpaired) electrons. The second-order valence-electron chi connectivity index (χ2n) is 12.3. The Balaban J connectivity index is 1.66. The van der Waals surface area contributed by atoms with E-state index in [0.29, 0.717) is 5.56 Å². The highest BCUT2D eigenvalue weighted by atomic mass is 16.6. The third-order valence-electron chi connectivity index (χ3n) is 9.34. The van der Waals surface area contributed by atoms with E-state index in [-0.39, 0.29) is 30.2 Å². The van der Waals surface area contributed by atoms with Crippen LogP contribution in [0.3, 0.4) is 0 Å². The molecule has 2 aromatic rings. The normalized spacial score (nSPS) is 34.4. The Morgan fingerprint density at radius 2 is 1.45 bits per heavy atom. The van der Waals surface area contributed by atoms with E-state index < -0.39 is 64.9 Å². The van der Waals surface area contributed by atoms with Gasteiger partial charge in [-0.3, -0.25) is 14.6 Å². The van der Waals surface area contributed by atoms with Crippen molar-refractivity contribution in [3.05, 3.63) is 66.0 Å². The van der Waals surface area contributed by atoms with Gasteiger partial charge in [-0.2, -0.15) is 0 Å². The molecule has 2 bridgehead atoms. The highest BCUT2D eigenvalue weighted by molar-refractivity contribution is 5.90. The van der Waals surface area contributed by atoms with Crippen LogP contribution in [0.1, 0.15) is 75.1 Å². The summed E-state index contributed by atoms with van der Waals surface area (Å²) in [5.41, 5.74) is -2.76. The summed E-state index contributed by atoms with van der Waals surface area (Å²) in [5.74, 6) is -3.02. The molecule has 3 fully saturated rings. The molecule has 1 aromatic heterocycles. The van der Waals surface area contributed by atoms with Gasteiger partial charge in [0, 0.05) is 32.2 Å². The predicted octanol–water partition coefficient (Wildman–Crippen LogP) is 4.31. The van der Waals surface area contributed by atoms with Crippen molar-refractivity contribution in [1.29, 1.82) is 0 Å². The van der Waals surface area contributed by atoms with E-state index in [0.717, 1.165) is 0 Å². The third kappa shape index (κ3) is 4.75. The van der Waals surface area contributed by atoms with Crippen LogP contribution in [-0.4, -0.2) is 64.5 Å². The smallest absolute Gasteiger partial charge is 0.340 e. The number of aromatic nitrogens is 1. The number of hydrogen-bond donors (Lipinski definition) is 0. The second-order valence-corrected chi connectivity index (χ2v) is 12.3. The van der Waals surface area contributed by atoms with E-state index in [1.54, 1.807) is 48.7 Å². The van der Waals surface area contributed by atoms with Crippen LogP contribution < -0.4 is 0 Å². The SMILES string of the molecule is CC(=O)O[C@H]1C[C@@H](C)[C@]23OC(C)(C)[C@H](C[C@@H](OC(=O)c4ccccc4)[C@]2(C)[C@H]1OC(C)=O)[C@H]3OC(=O)c1cccnc1. The van der Waals surface area contributed by atoms with Crippen molar-refractivity contribution < 1.29 is 42.9 Å². The summed E-state index contributed by atoms with van der Waals surface area (Å²) < 4.78 is 31.3. The topological polar surface area (TPSA) is 127 Å². The lowest BCUT2D eigenvalue weighted by Gasteiger charge is -2.62. The van der Waals surface area contributed by atoms with Crippen molar-refractivity contribution in [2.45, 2.75) is 90.0 Å². The number of carbonyl (C=O) groups is 4. The number of benzene rings is 1. The zero-order valence-electron chi connectivity index (χ0n) is 24.7. The van der Waals surface area contributed by atoms with Crippen molar-refractivity contribution in [1.82, 2.24) is 4.98 Å². The number of hydrogen-bond acceptors (Lipinski definition) is 10. The van der Waals surface area contributed by atoms with E-state index in [4.69, 9.17) is 23.7 Å². The lowest BCUT2D eigenvalue weighted by molar-refractivity contribution is -0.302. The average molecular weight is 580 g/mol. The molecule has 3 aliphatic rings. The number of carbonyl (C=O) groups excluding carboxylic acids is 4. The van der Waals surface area contributed by atoms with E-state index in [2.05, 4.69) is 4.98 Å². The first kappa shape index (κ1) is 29.7. The molecule has 0 amide bonds. The Bertz CT molecular complexity index is 1360. The van der Waals surface area contributed by atoms with Crippen molar-refractivity contribution in [3.63, 3.8) is 0 Å². The largest absolute Gasteiger partial charge is 0.459 e. The van der Waals surface area contributed by atoms with Crippen LogP contribution in [0.5, 0.6) is 0 Å². The van der Waals surface area contributed by atoms with Gasteiger partial charge in [-0.05, 0) is 63.8 Å². The fourth-order valence-electron chi connectivity index (χ4n) is 7.61. The first-order chi connectivity index (χ1) is 19.8. The van der Waals surface area contributed by atoms with Gasteiger partial charge in [0.2, 0.25) is 0 Å². The Kier molecular flexibility index (Phi) is 7.64. The molecule has 10 nitrogen and oxygen atoms in total. The number of ether oxygens (including phenoxy) is 5. The molecule has 1 saturated heterocycles. The molecule has 42 heavy (non-hydrogen) atoms. The Hall–Kier alpha value is -3.79. The maximum absolute atomic E-state index is 13.5. The molecule has 10 heteroatoms. The van der Waals surface area contributed by atoms with Gasteiger partial charge in [-0.15, -0.1) is 0 Å². The summed E-state index contributed by atoms with van der Waals surface area (Å²) in [6.45, 7) is 10.2. The van der Waals surface area contributed by atoms with E-state index in [9.17, 15) is 19.2 Å². The molecule has 5 rings (SSSR count). The maximum atomic E-state index is 13.5. The summed E-state index contributed by atoms with van der Waals surface area (Å²) >= 11 is 0. The van der Waals surface area contributed by atoms with Gasteiger partial charge in [0.25, 0.3) is 0 Å². The number of rotatable bonds is 6. The lowest BCUT2D eigenvalue weighted by Crippen LogP contribution is -2.76. The Labute approximate surface area is 245 Å². The fraction of sp³-hybridized carbons (Fsp3) is 0.531. The van der Waals surface area contributed by atoms with Crippen LogP contribution >= 0.6 is 0 Å². The van der Waals surface area contributed by atoms with Gasteiger partial charge in [-0.1, -0.05) is 25.1 Å². The average Bonchev–Trinajstić information content (AvgIpc) is 3.12. The van der Waals surface area contributed by atoms with Gasteiger partial charge in [-0.25, -0.2) is 9.59 Å². The quantitative estimate of drug-likeness (QED) is 0.361. The number of esters is 4. The van der Waals surface area contributed by atoms with Crippen LogP contribution in [0.15, 0.2) is 54.9 Å². The lowest BCUT2D eigenvalue weighted by atomic mass is 9.48. The van der Waals surface area contributed by atoms with Gasteiger partial charge in [0.05, 0.1) is 22.1 Å². The Morgan fingerprint density at radius 3 is 2.07 bits per heavy atom. The molecule has 1 aliphatic heterocycles. The minimum absolute atomic E-state index is 0.242. The second kappa shape index (κ2) is 10.8. The molecule has 2 heterocycles. The van der Waals surface area contributed by atoms with Crippen LogP contribution in [0, 0.1) is 17.3 Å². The summed E-state index contributed by atoms with van der Waals surface area (Å²) in [6.07, 6.45) is -0.0763. The van der Waals surface area contributed by atoms with E-state index in [1.807, 2.05) is 27.7 Å². The van der Waals surface area contributed by atoms with Crippen LogP contribution in [0.2, 0.25) is 0 Å². The maximum Gasteiger partial charge on any atom is 0.340 e. The molecule has 2 aliphatic carbocycles. The minimum Gasteiger partial charge on any atom is -0.459 e. The zero-order chi connectivity index (χ0) is 30.4.